The molecule has 1 fully saturated rings. The molecule has 5 nitrogen and oxygen atoms in total. The molecule has 0 saturated carbocycles. The first kappa shape index (κ1) is 17.0. The number of nitrogens with zero attached hydrogens (tertiary/aromatic N) is 4. The van der Waals surface area contributed by atoms with Crippen molar-refractivity contribution in [2.24, 2.45) is 5.92 Å². The molecule has 1 aliphatic rings. The molecule has 1 atom stereocenters. The van der Waals surface area contributed by atoms with Gasteiger partial charge in [-0.15, -0.1) is 0 Å². The van der Waals surface area contributed by atoms with Crippen molar-refractivity contribution in [1.29, 1.82) is 0 Å². The molecule has 0 amide bonds. The van der Waals surface area contributed by atoms with Crippen LogP contribution in [0.15, 0.2) is 30.9 Å². The Morgan fingerprint density at radius 1 is 1.21 bits per heavy atom. The summed E-state index contributed by atoms with van der Waals surface area (Å²) in [4.78, 5) is 6.61. The maximum absolute atomic E-state index is 5.51. The van der Waals surface area contributed by atoms with E-state index in [0.29, 0.717) is 6.54 Å². The third kappa shape index (κ3) is 4.35. The largest absolute Gasteiger partial charge is 0.496 e. The molecular weight excluding hydrogens is 300 g/mol. The van der Waals surface area contributed by atoms with Gasteiger partial charge in [0.25, 0.3) is 0 Å². The second-order valence-corrected chi connectivity index (χ2v) is 6.72. The molecule has 2 aromatic rings. The lowest BCUT2D eigenvalue weighted by Crippen LogP contribution is -2.24. The van der Waals surface area contributed by atoms with Gasteiger partial charge in [-0.2, -0.15) is 5.10 Å². The average molecular weight is 328 g/mol. The van der Waals surface area contributed by atoms with E-state index in [1.54, 1.807) is 19.8 Å². The number of methoxy groups -OCH3 is 1. The van der Waals surface area contributed by atoms with Gasteiger partial charge in [0.05, 0.1) is 13.7 Å². The third-order valence-corrected chi connectivity index (χ3v) is 5.07. The first-order chi connectivity index (χ1) is 11.8. The minimum atomic E-state index is 0.689. The number of hydrogen-bond acceptors (Lipinski definition) is 4. The molecule has 0 radical (unpaired) electrons. The number of aromatic nitrogens is 3. The van der Waals surface area contributed by atoms with Crippen LogP contribution in [0.3, 0.4) is 0 Å². The van der Waals surface area contributed by atoms with E-state index >= 15 is 0 Å². The fourth-order valence-electron chi connectivity index (χ4n) is 3.59. The second kappa shape index (κ2) is 8.29. The predicted molar refractivity (Wildman–Crippen MR) is 95.0 cm³/mol. The molecule has 0 N–H and O–H groups in total. The van der Waals surface area contributed by atoms with Gasteiger partial charge in [0.1, 0.15) is 18.4 Å². The lowest BCUT2D eigenvalue weighted by atomic mass is 9.98. The van der Waals surface area contributed by atoms with Crippen molar-refractivity contribution in [3.05, 3.63) is 42.0 Å². The van der Waals surface area contributed by atoms with E-state index < -0.39 is 0 Å². The van der Waals surface area contributed by atoms with E-state index in [1.165, 1.54) is 44.3 Å². The highest BCUT2D eigenvalue weighted by molar-refractivity contribution is 5.37. The normalized spacial score (nSPS) is 19.2. The van der Waals surface area contributed by atoms with Crippen LogP contribution in [-0.4, -0.2) is 39.9 Å². The zero-order valence-electron chi connectivity index (χ0n) is 14.8. The highest BCUT2D eigenvalue weighted by Crippen LogP contribution is 2.24. The monoisotopic (exact) mass is 328 g/mol. The molecule has 2 heterocycles. The van der Waals surface area contributed by atoms with Crippen LogP contribution < -0.4 is 4.74 Å². The summed E-state index contributed by atoms with van der Waals surface area (Å²) in [5, 5.41) is 4.20. The van der Waals surface area contributed by atoms with Gasteiger partial charge < -0.3 is 4.74 Å². The topological polar surface area (TPSA) is 43.2 Å². The molecule has 130 valence electrons. The van der Waals surface area contributed by atoms with Crippen LogP contribution in [-0.2, 0) is 13.1 Å². The van der Waals surface area contributed by atoms with Crippen molar-refractivity contribution < 1.29 is 4.74 Å². The molecule has 1 aromatic carbocycles. The standard InChI is InChI=1S/C19H28N4O/c1-3-16-5-4-9-22(10-8-16)12-17-6-7-19(24-2)18(11-17)13-23-15-20-14-21-23/h6-7,11,14-16H,3-5,8-10,12-13H2,1-2H3. The maximum atomic E-state index is 5.51. The summed E-state index contributed by atoms with van der Waals surface area (Å²) < 4.78 is 7.35. The van der Waals surface area contributed by atoms with Gasteiger partial charge in [0.2, 0.25) is 0 Å². The van der Waals surface area contributed by atoms with Crippen LogP contribution in [0.5, 0.6) is 5.75 Å². The summed E-state index contributed by atoms with van der Waals surface area (Å²) in [6, 6.07) is 6.52. The van der Waals surface area contributed by atoms with Crippen molar-refractivity contribution in [2.45, 2.75) is 45.7 Å². The minimum absolute atomic E-state index is 0.689. The molecule has 0 aliphatic carbocycles. The van der Waals surface area contributed by atoms with E-state index in [1.807, 2.05) is 4.68 Å². The van der Waals surface area contributed by atoms with Gasteiger partial charge in [-0.05, 0) is 56.0 Å². The Bertz CT molecular complexity index is 626. The first-order valence-corrected chi connectivity index (χ1v) is 8.99. The highest BCUT2D eigenvalue weighted by atomic mass is 16.5. The Labute approximate surface area is 144 Å². The highest BCUT2D eigenvalue weighted by Gasteiger charge is 2.16. The predicted octanol–water partition coefficient (Wildman–Crippen LogP) is 3.35. The van der Waals surface area contributed by atoms with Crippen molar-refractivity contribution >= 4 is 0 Å². The van der Waals surface area contributed by atoms with Crippen LogP contribution in [0.25, 0.3) is 0 Å². The molecule has 1 aromatic heterocycles. The fraction of sp³-hybridized carbons (Fsp3) is 0.579. The number of hydrogen-bond donors (Lipinski definition) is 0. The third-order valence-electron chi connectivity index (χ3n) is 5.07. The van der Waals surface area contributed by atoms with Crippen molar-refractivity contribution in [1.82, 2.24) is 19.7 Å². The first-order valence-electron chi connectivity index (χ1n) is 8.99. The Hall–Kier alpha value is -1.88. The van der Waals surface area contributed by atoms with Crippen LogP contribution in [0.4, 0.5) is 0 Å². The van der Waals surface area contributed by atoms with Crippen LogP contribution >= 0.6 is 0 Å². The van der Waals surface area contributed by atoms with E-state index in [4.69, 9.17) is 4.74 Å². The van der Waals surface area contributed by atoms with Gasteiger partial charge in [-0.3, -0.25) is 4.90 Å². The Balaban J connectivity index is 1.69. The van der Waals surface area contributed by atoms with Crippen LogP contribution in [0.2, 0.25) is 0 Å². The quantitative estimate of drug-likeness (QED) is 0.815. The molecular formula is C19H28N4O. The Kier molecular flexibility index (Phi) is 5.86. The second-order valence-electron chi connectivity index (χ2n) is 6.72. The number of rotatable bonds is 6. The van der Waals surface area contributed by atoms with Crippen molar-refractivity contribution in [2.75, 3.05) is 20.2 Å². The SMILES string of the molecule is CCC1CCCN(Cc2ccc(OC)c(Cn3cncn3)c2)CC1. The molecule has 24 heavy (non-hydrogen) atoms. The van der Waals surface area contributed by atoms with Gasteiger partial charge in [-0.25, -0.2) is 9.67 Å². The smallest absolute Gasteiger partial charge is 0.137 e. The van der Waals surface area contributed by atoms with Crippen molar-refractivity contribution in [3.8, 4) is 5.75 Å². The van der Waals surface area contributed by atoms with Gasteiger partial charge in [0.15, 0.2) is 0 Å². The number of ether oxygens (including phenoxy) is 1. The van der Waals surface area contributed by atoms with E-state index in [9.17, 15) is 0 Å². The average Bonchev–Trinajstić information content (AvgIpc) is 3.00. The summed E-state index contributed by atoms with van der Waals surface area (Å²) in [5.41, 5.74) is 2.50. The molecule has 0 spiro atoms. The zero-order chi connectivity index (χ0) is 16.8. The summed E-state index contributed by atoms with van der Waals surface area (Å²) in [6.07, 6.45) is 8.66. The lowest BCUT2D eigenvalue weighted by molar-refractivity contribution is 0.272. The van der Waals surface area contributed by atoms with E-state index in [-0.39, 0.29) is 0 Å². The summed E-state index contributed by atoms with van der Waals surface area (Å²) >= 11 is 0. The number of likely N-dealkylation sites (tertiary alicyclic amines) is 1. The molecule has 1 saturated heterocycles. The lowest BCUT2D eigenvalue weighted by Gasteiger charge is -2.21. The minimum Gasteiger partial charge on any atom is -0.496 e. The Morgan fingerprint density at radius 3 is 2.88 bits per heavy atom. The molecule has 1 aliphatic heterocycles. The zero-order valence-corrected chi connectivity index (χ0v) is 14.8. The van der Waals surface area contributed by atoms with E-state index in [0.717, 1.165) is 23.8 Å². The molecule has 0 bridgehead atoms. The van der Waals surface area contributed by atoms with E-state index in [2.05, 4.69) is 40.1 Å². The van der Waals surface area contributed by atoms with Crippen LogP contribution in [0.1, 0.15) is 43.7 Å². The molecule has 3 rings (SSSR count). The van der Waals surface area contributed by atoms with Gasteiger partial charge >= 0.3 is 0 Å². The maximum Gasteiger partial charge on any atom is 0.137 e. The Morgan fingerprint density at radius 2 is 2.12 bits per heavy atom. The summed E-state index contributed by atoms with van der Waals surface area (Å²) in [5.74, 6) is 1.82. The van der Waals surface area contributed by atoms with Crippen molar-refractivity contribution in [3.63, 3.8) is 0 Å². The summed E-state index contributed by atoms with van der Waals surface area (Å²) in [7, 11) is 1.72. The fourth-order valence-corrected chi connectivity index (χ4v) is 3.59. The van der Waals surface area contributed by atoms with Gasteiger partial charge in [0, 0.05) is 12.1 Å². The van der Waals surface area contributed by atoms with Gasteiger partial charge in [-0.1, -0.05) is 19.4 Å². The van der Waals surface area contributed by atoms with Crippen LogP contribution in [0, 0.1) is 5.92 Å². The molecule has 5 heteroatoms. The summed E-state index contributed by atoms with van der Waals surface area (Å²) in [6.45, 7) is 6.45. The number of benzene rings is 1. The molecule has 1 unspecified atom stereocenters.